The standard InChI is InChI=1S/C20H19N3O4S2/c1-12(24)22-14-2-4-15(5-3-14)23-20(27)19(26)21-10-16-6-7-17(29-16)18(25)13-8-9-28-11-13/h2-9,11,18,25H,10H2,1H3,(H,21,26)(H,22,24)(H,23,27). The average molecular weight is 430 g/mol. The van der Waals surface area contributed by atoms with Crippen molar-refractivity contribution in [3.63, 3.8) is 0 Å². The third-order valence-corrected chi connectivity index (χ3v) is 5.74. The normalized spacial score (nSPS) is 11.5. The fraction of sp³-hybridized carbons (Fsp3) is 0.150. The molecule has 1 aromatic carbocycles. The maximum absolute atomic E-state index is 12.0. The molecule has 3 rings (SSSR count). The van der Waals surface area contributed by atoms with E-state index in [2.05, 4.69) is 16.0 Å². The Balaban J connectivity index is 1.50. The van der Waals surface area contributed by atoms with Crippen LogP contribution in [0.4, 0.5) is 11.4 Å². The highest BCUT2D eigenvalue weighted by Gasteiger charge is 2.16. The minimum Gasteiger partial charge on any atom is -0.383 e. The minimum absolute atomic E-state index is 0.189. The van der Waals surface area contributed by atoms with Crippen molar-refractivity contribution in [3.05, 3.63) is 68.5 Å². The van der Waals surface area contributed by atoms with Crippen LogP contribution < -0.4 is 16.0 Å². The second-order valence-electron chi connectivity index (χ2n) is 6.16. The summed E-state index contributed by atoms with van der Waals surface area (Å²) in [6.07, 6.45) is -0.695. The Morgan fingerprint density at radius 3 is 2.28 bits per heavy atom. The fourth-order valence-electron chi connectivity index (χ4n) is 2.51. The van der Waals surface area contributed by atoms with Crippen LogP contribution in [0.25, 0.3) is 0 Å². The number of amides is 3. The van der Waals surface area contributed by atoms with Gasteiger partial charge in [0.2, 0.25) is 5.91 Å². The lowest BCUT2D eigenvalue weighted by atomic mass is 10.2. The van der Waals surface area contributed by atoms with E-state index < -0.39 is 17.9 Å². The molecule has 0 aliphatic heterocycles. The van der Waals surface area contributed by atoms with Crippen molar-refractivity contribution in [2.24, 2.45) is 0 Å². The van der Waals surface area contributed by atoms with Crippen molar-refractivity contribution in [3.8, 4) is 0 Å². The molecule has 150 valence electrons. The van der Waals surface area contributed by atoms with Gasteiger partial charge in [-0.3, -0.25) is 14.4 Å². The van der Waals surface area contributed by atoms with Crippen LogP contribution in [0.3, 0.4) is 0 Å². The van der Waals surface area contributed by atoms with E-state index in [1.54, 1.807) is 24.3 Å². The molecule has 9 heteroatoms. The van der Waals surface area contributed by atoms with Crippen LogP contribution in [0.15, 0.2) is 53.2 Å². The summed E-state index contributed by atoms with van der Waals surface area (Å²) < 4.78 is 0. The highest BCUT2D eigenvalue weighted by molar-refractivity contribution is 7.12. The maximum Gasteiger partial charge on any atom is 0.313 e. The molecule has 2 aromatic heterocycles. The predicted octanol–water partition coefficient (Wildman–Crippen LogP) is 3.10. The molecule has 4 N–H and O–H groups in total. The Hall–Kier alpha value is -3.01. The number of aliphatic hydroxyl groups is 1. The highest BCUT2D eigenvalue weighted by Crippen LogP contribution is 2.29. The lowest BCUT2D eigenvalue weighted by Gasteiger charge is -2.07. The third kappa shape index (κ3) is 5.74. The molecule has 0 saturated carbocycles. The van der Waals surface area contributed by atoms with Gasteiger partial charge in [-0.25, -0.2) is 0 Å². The number of hydrogen-bond donors (Lipinski definition) is 4. The van der Waals surface area contributed by atoms with Gasteiger partial charge >= 0.3 is 11.8 Å². The van der Waals surface area contributed by atoms with Crippen molar-refractivity contribution in [1.29, 1.82) is 0 Å². The first-order valence-electron chi connectivity index (χ1n) is 8.68. The van der Waals surface area contributed by atoms with E-state index in [0.717, 1.165) is 15.3 Å². The zero-order valence-corrected chi connectivity index (χ0v) is 17.1. The number of carbonyl (C=O) groups is 3. The summed E-state index contributed by atoms with van der Waals surface area (Å²) in [7, 11) is 0. The van der Waals surface area contributed by atoms with E-state index in [9.17, 15) is 19.5 Å². The van der Waals surface area contributed by atoms with E-state index in [1.807, 2.05) is 29.0 Å². The monoisotopic (exact) mass is 429 g/mol. The molecule has 0 fully saturated rings. The van der Waals surface area contributed by atoms with Gasteiger partial charge in [-0.05, 0) is 58.8 Å². The van der Waals surface area contributed by atoms with Crippen molar-refractivity contribution in [1.82, 2.24) is 5.32 Å². The molecule has 3 amide bonds. The number of anilines is 2. The quantitative estimate of drug-likeness (QED) is 0.452. The van der Waals surface area contributed by atoms with Crippen molar-refractivity contribution in [2.75, 3.05) is 10.6 Å². The molecular weight excluding hydrogens is 410 g/mol. The van der Waals surface area contributed by atoms with Crippen LogP contribution >= 0.6 is 22.7 Å². The summed E-state index contributed by atoms with van der Waals surface area (Å²) in [5, 5.41) is 21.8. The number of aliphatic hydroxyl groups excluding tert-OH is 1. The second-order valence-corrected chi connectivity index (χ2v) is 8.14. The number of rotatable bonds is 6. The number of carbonyl (C=O) groups excluding carboxylic acids is 3. The van der Waals surface area contributed by atoms with Crippen LogP contribution in [-0.2, 0) is 20.9 Å². The molecular formula is C20H19N3O4S2. The van der Waals surface area contributed by atoms with Crippen molar-refractivity contribution < 1.29 is 19.5 Å². The molecule has 0 aliphatic carbocycles. The topological polar surface area (TPSA) is 108 Å². The summed E-state index contributed by atoms with van der Waals surface area (Å²) in [5.74, 6) is -1.74. The summed E-state index contributed by atoms with van der Waals surface area (Å²) in [6, 6.07) is 11.9. The smallest absolute Gasteiger partial charge is 0.313 e. The van der Waals surface area contributed by atoms with Crippen LogP contribution in [0.2, 0.25) is 0 Å². The summed E-state index contributed by atoms with van der Waals surface area (Å²) in [6.45, 7) is 1.59. The van der Waals surface area contributed by atoms with Gasteiger partial charge in [0.1, 0.15) is 6.10 Å². The van der Waals surface area contributed by atoms with Gasteiger partial charge in [0.15, 0.2) is 0 Å². The molecule has 1 atom stereocenters. The van der Waals surface area contributed by atoms with Crippen LogP contribution in [0.5, 0.6) is 0 Å². The molecule has 0 radical (unpaired) electrons. The van der Waals surface area contributed by atoms with Crippen LogP contribution in [0.1, 0.15) is 28.3 Å². The molecule has 3 aromatic rings. The van der Waals surface area contributed by atoms with Gasteiger partial charge in [-0.2, -0.15) is 11.3 Å². The van der Waals surface area contributed by atoms with Gasteiger partial charge in [0.05, 0.1) is 6.54 Å². The van der Waals surface area contributed by atoms with E-state index in [0.29, 0.717) is 11.4 Å². The van der Waals surface area contributed by atoms with E-state index in [1.165, 1.54) is 29.6 Å². The van der Waals surface area contributed by atoms with Crippen molar-refractivity contribution >= 4 is 51.8 Å². The molecule has 0 bridgehead atoms. The van der Waals surface area contributed by atoms with Crippen LogP contribution in [0, 0.1) is 0 Å². The van der Waals surface area contributed by atoms with Gasteiger partial charge in [-0.1, -0.05) is 0 Å². The largest absolute Gasteiger partial charge is 0.383 e. The van der Waals surface area contributed by atoms with Crippen LogP contribution in [-0.4, -0.2) is 22.8 Å². The molecule has 0 spiro atoms. The average Bonchev–Trinajstić information content (AvgIpc) is 3.39. The van der Waals surface area contributed by atoms with E-state index in [-0.39, 0.29) is 12.5 Å². The lowest BCUT2D eigenvalue weighted by molar-refractivity contribution is -0.136. The number of nitrogens with one attached hydrogen (secondary N) is 3. The SMILES string of the molecule is CC(=O)Nc1ccc(NC(=O)C(=O)NCc2ccc(C(O)c3ccsc3)s2)cc1. The Morgan fingerprint density at radius 1 is 0.966 bits per heavy atom. The number of hydrogen-bond acceptors (Lipinski definition) is 6. The summed E-state index contributed by atoms with van der Waals surface area (Å²) >= 11 is 2.89. The predicted molar refractivity (Wildman–Crippen MR) is 114 cm³/mol. The van der Waals surface area contributed by atoms with Crippen molar-refractivity contribution in [2.45, 2.75) is 19.6 Å². The van der Waals surface area contributed by atoms with Gasteiger partial charge in [-0.15, -0.1) is 11.3 Å². The number of thiophene rings is 2. The zero-order valence-electron chi connectivity index (χ0n) is 15.5. The molecule has 0 saturated heterocycles. The Morgan fingerprint density at radius 2 is 1.66 bits per heavy atom. The molecule has 7 nitrogen and oxygen atoms in total. The Labute approximate surface area is 175 Å². The van der Waals surface area contributed by atoms with Gasteiger partial charge in [0.25, 0.3) is 0 Å². The minimum atomic E-state index is -0.785. The summed E-state index contributed by atoms with van der Waals surface area (Å²) in [4.78, 5) is 36.7. The molecule has 2 heterocycles. The molecule has 1 unspecified atom stereocenters. The second kappa shape index (κ2) is 9.46. The zero-order chi connectivity index (χ0) is 20.8. The van der Waals surface area contributed by atoms with E-state index >= 15 is 0 Å². The number of benzene rings is 1. The lowest BCUT2D eigenvalue weighted by Crippen LogP contribution is -2.34. The maximum atomic E-state index is 12.0. The van der Waals surface area contributed by atoms with Gasteiger partial charge < -0.3 is 21.1 Å². The fourth-order valence-corrected chi connectivity index (χ4v) is 4.15. The third-order valence-electron chi connectivity index (χ3n) is 3.90. The Kier molecular flexibility index (Phi) is 6.76. The first-order chi connectivity index (χ1) is 13.9. The summed E-state index contributed by atoms with van der Waals surface area (Å²) in [5.41, 5.74) is 1.87. The Bertz CT molecular complexity index is 997. The first-order valence-corrected chi connectivity index (χ1v) is 10.4. The van der Waals surface area contributed by atoms with E-state index in [4.69, 9.17) is 0 Å². The molecule has 29 heavy (non-hydrogen) atoms. The molecule has 0 aliphatic rings. The first kappa shape index (κ1) is 20.7. The van der Waals surface area contributed by atoms with Gasteiger partial charge in [0, 0.05) is 28.1 Å². The highest BCUT2D eigenvalue weighted by atomic mass is 32.1.